The van der Waals surface area contributed by atoms with Crippen LogP contribution < -0.4 is 16.0 Å². The predicted molar refractivity (Wildman–Crippen MR) is 100 cm³/mol. The second-order valence-corrected chi connectivity index (χ2v) is 7.67. The molecule has 0 amide bonds. The summed E-state index contributed by atoms with van der Waals surface area (Å²) in [4.78, 5) is 55.3. The van der Waals surface area contributed by atoms with E-state index in [4.69, 9.17) is 19.3 Å². The Morgan fingerprint density at radius 2 is 1.90 bits per heavy atom. The van der Waals surface area contributed by atoms with E-state index >= 15 is 0 Å². The second kappa shape index (κ2) is 8.64. The van der Waals surface area contributed by atoms with E-state index in [9.17, 15) is 24.1 Å². The molecule has 3 rings (SSSR count). The zero-order valence-electron chi connectivity index (χ0n) is 15.7. The molecule has 0 spiro atoms. The summed E-state index contributed by atoms with van der Waals surface area (Å²) in [7, 11) is -3.32. The van der Waals surface area contributed by atoms with Crippen molar-refractivity contribution in [1.29, 1.82) is 0 Å². The summed E-state index contributed by atoms with van der Waals surface area (Å²) < 4.78 is 27.0. The van der Waals surface area contributed by atoms with Crippen molar-refractivity contribution in [3.8, 4) is 5.75 Å². The monoisotopic (exact) mass is 442 g/mol. The lowest BCUT2D eigenvalue weighted by Gasteiger charge is -2.17. The van der Waals surface area contributed by atoms with Gasteiger partial charge in [0, 0.05) is 24.2 Å². The number of carbonyl (C=O) groups is 1. The number of carbonyl (C=O) groups excluding carboxylic acids is 1. The van der Waals surface area contributed by atoms with Gasteiger partial charge < -0.3 is 24.4 Å². The lowest BCUT2D eigenvalue weighted by molar-refractivity contribution is -0.0453. The number of nitrogens with zero attached hydrogens (tertiary/aromatic N) is 2. The highest BCUT2D eigenvalue weighted by Crippen LogP contribution is 2.38. The third-order valence-corrected chi connectivity index (χ3v) is 4.96. The van der Waals surface area contributed by atoms with Gasteiger partial charge in [0.1, 0.15) is 18.1 Å². The minimum absolute atomic E-state index is 0.0769. The maximum Gasteiger partial charge on any atom is 0.469 e. The number of phosphoric ester groups is 1. The summed E-state index contributed by atoms with van der Waals surface area (Å²) in [5.74, 6) is -0.372. The fourth-order valence-corrected chi connectivity index (χ4v) is 3.31. The molecule has 162 valence electrons. The molecule has 0 bridgehead atoms. The minimum atomic E-state index is -4.77. The van der Waals surface area contributed by atoms with Crippen molar-refractivity contribution >= 4 is 13.7 Å². The Labute approximate surface area is 169 Å². The third-order valence-electron chi connectivity index (χ3n) is 4.47. The van der Waals surface area contributed by atoms with Gasteiger partial charge in [-0.05, 0) is 24.3 Å². The summed E-state index contributed by atoms with van der Waals surface area (Å²) >= 11 is 0. The number of benzene rings is 1. The van der Waals surface area contributed by atoms with Gasteiger partial charge in [-0.15, -0.1) is 0 Å². The number of ether oxygens (including phenoxy) is 2. The van der Waals surface area contributed by atoms with Crippen molar-refractivity contribution in [2.45, 2.75) is 24.9 Å². The van der Waals surface area contributed by atoms with Crippen LogP contribution >= 0.6 is 7.82 Å². The summed E-state index contributed by atoms with van der Waals surface area (Å²) in [5.41, 5.74) is -1.76. The number of aromatic nitrogens is 2. The van der Waals surface area contributed by atoms with Crippen molar-refractivity contribution in [2.24, 2.45) is 0 Å². The number of aliphatic hydroxyl groups is 1. The number of hydrogen-bond donors (Lipinski definition) is 3. The highest BCUT2D eigenvalue weighted by molar-refractivity contribution is 7.46. The molecule has 1 aromatic heterocycles. The lowest BCUT2D eigenvalue weighted by Crippen LogP contribution is -2.44. The maximum absolute atomic E-state index is 12.8. The number of methoxy groups -OCH3 is 1. The van der Waals surface area contributed by atoms with E-state index in [-0.39, 0.29) is 12.0 Å². The summed E-state index contributed by atoms with van der Waals surface area (Å²) in [6.45, 7) is -0.610. The van der Waals surface area contributed by atoms with Crippen molar-refractivity contribution in [3.63, 3.8) is 0 Å². The van der Waals surface area contributed by atoms with Gasteiger partial charge in [-0.3, -0.25) is 18.7 Å². The van der Waals surface area contributed by atoms with Gasteiger partial charge in [0.25, 0.3) is 11.5 Å². The molecule has 1 aliphatic heterocycles. The molecular formula is C17H19N2O10P. The SMILES string of the molecule is COc1ccc(C(=O)n2c(=O)ccn([C@H]3C[C@H](O)[C@@H](COP(=O)(O)O)O3)c2=O)cc1. The van der Waals surface area contributed by atoms with E-state index in [1.165, 1.54) is 31.4 Å². The van der Waals surface area contributed by atoms with Gasteiger partial charge in [0.05, 0.1) is 19.8 Å². The topological polar surface area (TPSA) is 167 Å². The molecule has 0 radical (unpaired) electrons. The van der Waals surface area contributed by atoms with E-state index in [0.29, 0.717) is 10.3 Å². The highest BCUT2D eigenvalue weighted by Gasteiger charge is 2.37. The molecule has 3 atom stereocenters. The fraction of sp³-hybridized carbons (Fsp3) is 0.353. The number of rotatable bonds is 6. The van der Waals surface area contributed by atoms with Gasteiger partial charge in [-0.25, -0.2) is 9.36 Å². The van der Waals surface area contributed by atoms with Crippen LogP contribution in [0.15, 0.2) is 46.1 Å². The van der Waals surface area contributed by atoms with Crippen molar-refractivity contribution < 1.29 is 38.3 Å². The van der Waals surface area contributed by atoms with Crippen LogP contribution in [0.25, 0.3) is 0 Å². The summed E-state index contributed by atoms with van der Waals surface area (Å²) in [5, 5.41) is 10.0. The van der Waals surface area contributed by atoms with Crippen LogP contribution in [-0.2, 0) is 13.8 Å². The molecular weight excluding hydrogens is 423 g/mol. The van der Waals surface area contributed by atoms with Crippen LogP contribution in [0.3, 0.4) is 0 Å². The Kier molecular flexibility index (Phi) is 6.36. The minimum Gasteiger partial charge on any atom is -0.497 e. The molecule has 0 saturated carbocycles. The van der Waals surface area contributed by atoms with Gasteiger partial charge in [0.15, 0.2) is 0 Å². The second-order valence-electron chi connectivity index (χ2n) is 6.43. The van der Waals surface area contributed by atoms with Crippen LogP contribution in [0.5, 0.6) is 5.75 Å². The Bertz CT molecular complexity index is 1090. The van der Waals surface area contributed by atoms with Gasteiger partial charge in [0.2, 0.25) is 0 Å². The Morgan fingerprint density at radius 1 is 1.23 bits per heavy atom. The van der Waals surface area contributed by atoms with Crippen molar-refractivity contribution in [2.75, 3.05) is 13.7 Å². The number of phosphoric acid groups is 1. The molecule has 2 heterocycles. The van der Waals surface area contributed by atoms with Crippen LogP contribution in [0.2, 0.25) is 0 Å². The van der Waals surface area contributed by atoms with Crippen LogP contribution in [0.1, 0.15) is 23.0 Å². The Balaban J connectivity index is 1.87. The molecule has 3 N–H and O–H groups in total. The Morgan fingerprint density at radius 3 is 2.50 bits per heavy atom. The molecule has 0 unspecified atom stereocenters. The summed E-state index contributed by atoms with van der Waals surface area (Å²) in [6.07, 6.45) is -2.39. The molecule has 1 aromatic carbocycles. The molecule has 13 heteroatoms. The van der Waals surface area contributed by atoms with E-state index in [1.807, 2.05) is 0 Å². The first-order chi connectivity index (χ1) is 14.1. The van der Waals surface area contributed by atoms with E-state index in [1.54, 1.807) is 0 Å². The largest absolute Gasteiger partial charge is 0.497 e. The normalized spacial score (nSPS) is 21.5. The predicted octanol–water partition coefficient (Wildman–Crippen LogP) is -0.535. The van der Waals surface area contributed by atoms with Crippen molar-refractivity contribution in [3.05, 3.63) is 62.9 Å². The zero-order chi connectivity index (χ0) is 22.1. The quantitative estimate of drug-likeness (QED) is 0.495. The van der Waals surface area contributed by atoms with Crippen LogP contribution in [0, 0.1) is 0 Å². The maximum atomic E-state index is 12.8. The van der Waals surface area contributed by atoms with E-state index < -0.39 is 50.0 Å². The lowest BCUT2D eigenvalue weighted by atomic mass is 10.2. The first kappa shape index (κ1) is 22.1. The van der Waals surface area contributed by atoms with Gasteiger partial charge in [-0.2, -0.15) is 4.57 Å². The van der Waals surface area contributed by atoms with Crippen molar-refractivity contribution in [1.82, 2.24) is 9.13 Å². The van der Waals surface area contributed by atoms with E-state index in [2.05, 4.69) is 4.52 Å². The number of aliphatic hydroxyl groups excluding tert-OH is 1. The molecule has 30 heavy (non-hydrogen) atoms. The molecule has 12 nitrogen and oxygen atoms in total. The molecule has 0 aliphatic carbocycles. The van der Waals surface area contributed by atoms with Crippen LogP contribution in [0.4, 0.5) is 0 Å². The molecule has 2 aromatic rings. The van der Waals surface area contributed by atoms with E-state index in [0.717, 1.165) is 16.8 Å². The first-order valence-corrected chi connectivity index (χ1v) is 10.2. The first-order valence-electron chi connectivity index (χ1n) is 8.67. The molecule has 1 fully saturated rings. The van der Waals surface area contributed by atoms with Crippen LogP contribution in [-0.4, -0.2) is 55.9 Å². The molecule has 1 aliphatic rings. The number of hydrogen-bond acceptors (Lipinski definition) is 8. The van der Waals surface area contributed by atoms with Gasteiger partial charge >= 0.3 is 13.5 Å². The fourth-order valence-electron chi connectivity index (χ4n) is 2.97. The van der Waals surface area contributed by atoms with Gasteiger partial charge in [-0.1, -0.05) is 0 Å². The zero-order valence-corrected chi connectivity index (χ0v) is 16.5. The summed E-state index contributed by atoms with van der Waals surface area (Å²) in [6, 6.07) is 6.80. The smallest absolute Gasteiger partial charge is 0.469 e. The highest BCUT2D eigenvalue weighted by atomic mass is 31.2. The molecule has 1 saturated heterocycles. The Hall–Kier alpha value is -2.60. The average molecular weight is 442 g/mol. The standard InChI is InChI=1S/C17H19N2O10P/c1-27-11-4-2-10(3-5-11)16(22)19-14(21)6-7-18(17(19)23)15-8-12(20)13(29-15)9-28-30(24,25)26/h2-7,12-13,15,20H,8-9H2,1H3,(H2,24,25,26)/t12-,13+,15+/m0/s1. The third kappa shape index (κ3) is 4.75. The average Bonchev–Trinajstić information content (AvgIpc) is 3.06.